The fourth-order valence-electron chi connectivity index (χ4n) is 3.98. The lowest BCUT2D eigenvalue weighted by atomic mass is 10.0. The van der Waals surface area contributed by atoms with Gasteiger partial charge in [-0.2, -0.15) is 0 Å². The fourth-order valence-corrected chi connectivity index (χ4v) is 4.84. The van der Waals surface area contributed by atoms with Crippen LogP contribution in [0.4, 0.5) is 0 Å². The second-order valence-corrected chi connectivity index (χ2v) is 8.88. The van der Waals surface area contributed by atoms with E-state index in [1.807, 2.05) is 11.3 Å². The molecule has 6 nitrogen and oxygen atoms in total. The number of ether oxygens (including phenoxy) is 2. The number of hydrogen-bond acceptors (Lipinski definition) is 5. The molecule has 0 aliphatic carbocycles. The van der Waals surface area contributed by atoms with Crippen molar-refractivity contribution in [1.29, 1.82) is 0 Å². The summed E-state index contributed by atoms with van der Waals surface area (Å²) in [5.74, 6) is 1.59. The zero-order valence-electron chi connectivity index (χ0n) is 18.3. The van der Waals surface area contributed by atoms with E-state index >= 15 is 0 Å². The molecule has 2 aliphatic heterocycles. The molecule has 2 N–H and O–H groups in total. The molecule has 0 amide bonds. The van der Waals surface area contributed by atoms with Gasteiger partial charge in [0.25, 0.3) is 0 Å². The van der Waals surface area contributed by atoms with Gasteiger partial charge in [-0.3, -0.25) is 9.89 Å². The van der Waals surface area contributed by atoms with Crippen LogP contribution in [0.15, 0.2) is 22.5 Å². The van der Waals surface area contributed by atoms with Crippen LogP contribution in [0.1, 0.15) is 49.9 Å². The maximum atomic E-state index is 5.87. The van der Waals surface area contributed by atoms with Crippen molar-refractivity contribution in [3.63, 3.8) is 0 Å². The summed E-state index contributed by atoms with van der Waals surface area (Å²) >= 11 is 1.85. The van der Waals surface area contributed by atoms with Crippen LogP contribution in [-0.2, 0) is 9.47 Å². The van der Waals surface area contributed by atoms with Crippen LogP contribution in [-0.4, -0.2) is 70.0 Å². The van der Waals surface area contributed by atoms with E-state index in [0.717, 1.165) is 71.3 Å². The molecule has 0 radical (unpaired) electrons. The van der Waals surface area contributed by atoms with Gasteiger partial charge >= 0.3 is 0 Å². The van der Waals surface area contributed by atoms with Crippen LogP contribution in [0.25, 0.3) is 0 Å². The number of likely N-dealkylation sites (tertiary alicyclic amines) is 1. The number of guanidine groups is 1. The standard InChI is InChI=1S/C22H38N4O2S.HI/c1-2-23-22(24-10-6-13-28-18-19-8-14-27-15-9-19)25-17-20(21-7-5-16-29-21)26-11-3-4-12-26;/h5,7,16,19-20H,2-4,6,8-15,17-18H2,1H3,(H2,23,24,25);1H. The second kappa shape index (κ2) is 15.4. The quantitative estimate of drug-likeness (QED) is 0.190. The minimum atomic E-state index is 0. The molecule has 1 aromatic rings. The molecule has 2 aliphatic rings. The van der Waals surface area contributed by atoms with E-state index in [-0.39, 0.29) is 24.0 Å². The van der Waals surface area contributed by atoms with Crippen molar-refractivity contribution < 1.29 is 9.47 Å². The Balaban J connectivity index is 0.00000320. The summed E-state index contributed by atoms with van der Waals surface area (Å²) in [6.45, 7) is 10.5. The zero-order valence-corrected chi connectivity index (χ0v) is 21.5. The molecular formula is C22H39IN4O2S. The molecule has 1 atom stereocenters. The highest BCUT2D eigenvalue weighted by atomic mass is 127. The van der Waals surface area contributed by atoms with E-state index in [4.69, 9.17) is 14.5 Å². The van der Waals surface area contributed by atoms with E-state index in [9.17, 15) is 0 Å². The van der Waals surface area contributed by atoms with Crippen LogP contribution in [0.5, 0.6) is 0 Å². The molecule has 2 fully saturated rings. The second-order valence-electron chi connectivity index (χ2n) is 7.90. The number of rotatable bonds is 11. The molecule has 0 bridgehead atoms. The Morgan fingerprint density at radius 2 is 2.10 bits per heavy atom. The lowest BCUT2D eigenvalue weighted by Crippen LogP contribution is -2.39. The lowest BCUT2D eigenvalue weighted by molar-refractivity contribution is 0.0203. The summed E-state index contributed by atoms with van der Waals surface area (Å²) in [5, 5.41) is 9.03. The zero-order chi connectivity index (χ0) is 20.2. The molecule has 1 unspecified atom stereocenters. The van der Waals surface area contributed by atoms with Crippen LogP contribution < -0.4 is 10.6 Å². The van der Waals surface area contributed by atoms with Gasteiger partial charge in [0.05, 0.1) is 12.6 Å². The first-order valence-electron chi connectivity index (χ1n) is 11.3. The van der Waals surface area contributed by atoms with Crippen LogP contribution in [0.2, 0.25) is 0 Å². The number of halogens is 1. The van der Waals surface area contributed by atoms with Gasteiger partial charge in [0.1, 0.15) is 0 Å². The number of nitrogens with one attached hydrogen (secondary N) is 2. The fraction of sp³-hybridized carbons (Fsp3) is 0.773. The van der Waals surface area contributed by atoms with Crippen molar-refractivity contribution in [2.45, 2.75) is 45.1 Å². The van der Waals surface area contributed by atoms with Gasteiger partial charge in [0, 0.05) is 44.4 Å². The van der Waals surface area contributed by atoms with E-state index < -0.39 is 0 Å². The average Bonchev–Trinajstić information content (AvgIpc) is 3.46. The number of nitrogens with zero attached hydrogens (tertiary/aromatic N) is 2. The third kappa shape index (κ3) is 8.98. The van der Waals surface area contributed by atoms with Gasteiger partial charge in [-0.25, -0.2) is 0 Å². The first-order chi connectivity index (χ1) is 14.4. The minimum Gasteiger partial charge on any atom is -0.381 e. The monoisotopic (exact) mass is 550 g/mol. The van der Waals surface area contributed by atoms with Crippen molar-refractivity contribution >= 4 is 41.3 Å². The maximum absolute atomic E-state index is 5.87. The summed E-state index contributed by atoms with van der Waals surface area (Å²) in [6, 6.07) is 4.80. The van der Waals surface area contributed by atoms with E-state index in [2.05, 4.69) is 40.0 Å². The normalized spacial score (nSPS) is 19.4. The highest BCUT2D eigenvalue weighted by Crippen LogP contribution is 2.28. The molecule has 2 saturated heterocycles. The summed E-state index contributed by atoms with van der Waals surface area (Å²) in [7, 11) is 0. The van der Waals surface area contributed by atoms with Crippen LogP contribution in [0, 0.1) is 5.92 Å². The molecule has 0 aromatic carbocycles. The summed E-state index contributed by atoms with van der Waals surface area (Å²) in [6.07, 6.45) is 5.87. The molecule has 0 spiro atoms. The maximum Gasteiger partial charge on any atom is 0.191 e. The molecule has 8 heteroatoms. The Labute approximate surface area is 203 Å². The molecular weight excluding hydrogens is 511 g/mol. The summed E-state index contributed by atoms with van der Waals surface area (Å²) < 4.78 is 11.3. The number of thiophene rings is 1. The SMILES string of the molecule is CCNC(=NCC(c1cccs1)N1CCCC1)NCCCOCC1CCOCC1.I. The largest absolute Gasteiger partial charge is 0.381 e. The Kier molecular flexibility index (Phi) is 13.3. The van der Waals surface area contributed by atoms with Gasteiger partial charge in [0.2, 0.25) is 0 Å². The lowest BCUT2D eigenvalue weighted by Gasteiger charge is -2.25. The third-order valence-corrected chi connectivity index (χ3v) is 6.65. The van der Waals surface area contributed by atoms with Crippen molar-refractivity contribution in [3.8, 4) is 0 Å². The van der Waals surface area contributed by atoms with E-state index in [1.165, 1.54) is 30.8 Å². The molecule has 3 rings (SSSR count). The van der Waals surface area contributed by atoms with Gasteiger partial charge in [-0.05, 0) is 69.5 Å². The molecule has 30 heavy (non-hydrogen) atoms. The first kappa shape index (κ1) is 25.8. The van der Waals surface area contributed by atoms with Gasteiger partial charge in [0.15, 0.2) is 5.96 Å². The van der Waals surface area contributed by atoms with Crippen molar-refractivity contribution in [2.75, 3.05) is 59.2 Å². The highest BCUT2D eigenvalue weighted by molar-refractivity contribution is 14.0. The third-order valence-electron chi connectivity index (χ3n) is 5.67. The summed E-state index contributed by atoms with van der Waals surface area (Å²) in [4.78, 5) is 8.92. The Bertz CT molecular complexity index is 576. The predicted molar refractivity (Wildman–Crippen MR) is 136 cm³/mol. The van der Waals surface area contributed by atoms with Gasteiger partial charge in [-0.1, -0.05) is 6.07 Å². The van der Waals surface area contributed by atoms with Crippen LogP contribution >= 0.6 is 35.3 Å². The average molecular weight is 551 g/mol. The minimum absolute atomic E-state index is 0. The summed E-state index contributed by atoms with van der Waals surface area (Å²) in [5.41, 5.74) is 0. The first-order valence-corrected chi connectivity index (χ1v) is 12.2. The predicted octanol–water partition coefficient (Wildman–Crippen LogP) is 3.89. The molecule has 172 valence electrons. The Hall–Kier alpha value is -0.420. The van der Waals surface area contributed by atoms with Crippen molar-refractivity contribution in [1.82, 2.24) is 15.5 Å². The topological polar surface area (TPSA) is 58.1 Å². The molecule has 3 heterocycles. The van der Waals surface area contributed by atoms with Crippen LogP contribution in [0.3, 0.4) is 0 Å². The Morgan fingerprint density at radius 3 is 2.80 bits per heavy atom. The van der Waals surface area contributed by atoms with Crippen molar-refractivity contribution in [2.24, 2.45) is 10.9 Å². The molecule has 0 saturated carbocycles. The highest BCUT2D eigenvalue weighted by Gasteiger charge is 2.24. The Morgan fingerprint density at radius 1 is 1.30 bits per heavy atom. The molecule has 1 aromatic heterocycles. The van der Waals surface area contributed by atoms with Gasteiger partial charge < -0.3 is 20.1 Å². The number of aliphatic imine (C=N–C) groups is 1. The van der Waals surface area contributed by atoms with E-state index in [1.54, 1.807) is 0 Å². The van der Waals surface area contributed by atoms with E-state index in [0.29, 0.717) is 12.0 Å². The number of hydrogen-bond donors (Lipinski definition) is 2. The van der Waals surface area contributed by atoms with Gasteiger partial charge in [-0.15, -0.1) is 35.3 Å². The smallest absolute Gasteiger partial charge is 0.191 e. The van der Waals surface area contributed by atoms with Crippen molar-refractivity contribution in [3.05, 3.63) is 22.4 Å².